The van der Waals surface area contributed by atoms with E-state index in [9.17, 15) is 18.5 Å². The number of nitro groups is 1. The van der Waals surface area contributed by atoms with E-state index in [1.54, 1.807) is 18.2 Å². The lowest BCUT2D eigenvalue weighted by molar-refractivity contribution is -0.385. The molecule has 0 bridgehead atoms. The van der Waals surface area contributed by atoms with E-state index in [2.05, 4.69) is 0 Å². The topological polar surface area (TPSA) is 82.2 Å². The first-order valence-electron chi connectivity index (χ1n) is 6.16. The van der Waals surface area contributed by atoms with Crippen molar-refractivity contribution >= 4 is 38.2 Å². The zero-order valence-corrected chi connectivity index (χ0v) is 12.6. The number of fused-ring (bicyclic) bond motifs is 1. The lowest BCUT2D eigenvalue weighted by Gasteiger charge is -2.07. The van der Waals surface area contributed by atoms with Gasteiger partial charge in [-0.1, -0.05) is 23.7 Å². The van der Waals surface area contributed by atoms with Gasteiger partial charge in [-0.15, -0.1) is 0 Å². The number of aromatic nitrogens is 1. The molecule has 8 heteroatoms. The SMILES string of the molecule is O=[N+]([O-])c1cccc(S(=O)(=O)n2ccc3ccc(Cl)cc32)c1. The van der Waals surface area contributed by atoms with E-state index in [1.165, 1.54) is 30.5 Å². The Bertz CT molecular complexity index is 995. The minimum Gasteiger partial charge on any atom is -0.258 e. The highest BCUT2D eigenvalue weighted by atomic mass is 35.5. The highest BCUT2D eigenvalue weighted by Crippen LogP contribution is 2.26. The van der Waals surface area contributed by atoms with Crippen molar-refractivity contribution in [3.63, 3.8) is 0 Å². The van der Waals surface area contributed by atoms with Gasteiger partial charge >= 0.3 is 0 Å². The van der Waals surface area contributed by atoms with Crippen molar-refractivity contribution in [2.75, 3.05) is 0 Å². The Balaban J connectivity index is 2.22. The predicted molar refractivity (Wildman–Crippen MR) is 82.6 cm³/mol. The molecule has 2 aromatic carbocycles. The number of hydrogen-bond acceptors (Lipinski definition) is 4. The van der Waals surface area contributed by atoms with Crippen LogP contribution in [0.5, 0.6) is 0 Å². The van der Waals surface area contributed by atoms with E-state index in [0.717, 1.165) is 10.0 Å². The summed E-state index contributed by atoms with van der Waals surface area (Å²) in [5.74, 6) is 0. The van der Waals surface area contributed by atoms with Gasteiger partial charge in [0, 0.05) is 28.7 Å². The molecule has 3 aromatic rings. The maximum absolute atomic E-state index is 12.7. The zero-order chi connectivity index (χ0) is 15.9. The maximum Gasteiger partial charge on any atom is 0.270 e. The van der Waals surface area contributed by atoms with Crippen LogP contribution in [0.25, 0.3) is 10.9 Å². The number of benzene rings is 2. The fraction of sp³-hybridized carbons (Fsp3) is 0. The summed E-state index contributed by atoms with van der Waals surface area (Å²) in [5, 5.41) is 11.9. The molecule has 22 heavy (non-hydrogen) atoms. The average Bonchev–Trinajstić information content (AvgIpc) is 2.91. The first kappa shape index (κ1) is 14.6. The molecule has 0 saturated carbocycles. The summed E-state index contributed by atoms with van der Waals surface area (Å²) in [7, 11) is -3.94. The Morgan fingerprint density at radius 3 is 2.59 bits per heavy atom. The molecule has 0 amide bonds. The minimum absolute atomic E-state index is 0.154. The van der Waals surface area contributed by atoms with Crippen LogP contribution in [0.3, 0.4) is 0 Å². The smallest absolute Gasteiger partial charge is 0.258 e. The van der Waals surface area contributed by atoms with Gasteiger partial charge in [0.05, 0.1) is 15.3 Å². The van der Waals surface area contributed by atoms with Crippen LogP contribution in [-0.2, 0) is 10.0 Å². The number of nitro benzene ring substituents is 1. The summed E-state index contributed by atoms with van der Waals surface area (Å²) in [5.41, 5.74) is 0.134. The van der Waals surface area contributed by atoms with Gasteiger partial charge in [-0.05, 0) is 24.3 Å². The van der Waals surface area contributed by atoms with Crippen LogP contribution in [0.2, 0.25) is 5.02 Å². The van der Waals surface area contributed by atoms with E-state index in [4.69, 9.17) is 11.6 Å². The van der Waals surface area contributed by atoms with Crippen molar-refractivity contribution in [2.45, 2.75) is 4.90 Å². The number of halogens is 1. The molecule has 1 aromatic heterocycles. The van der Waals surface area contributed by atoms with Crippen molar-refractivity contribution < 1.29 is 13.3 Å². The Morgan fingerprint density at radius 2 is 1.86 bits per heavy atom. The Hall–Kier alpha value is -2.38. The van der Waals surface area contributed by atoms with E-state index in [0.29, 0.717) is 15.9 Å². The Labute approximate surface area is 130 Å². The van der Waals surface area contributed by atoms with Crippen LogP contribution in [0.4, 0.5) is 5.69 Å². The van der Waals surface area contributed by atoms with Crippen molar-refractivity contribution in [3.8, 4) is 0 Å². The molecule has 0 aliphatic rings. The molecule has 0 unspecified atom stereocenters. The largest absolute Gasteiger partial charge is 0.270 e. The highest BCUT2D eigenvalue weighted by molar-refractivity contribution is 7.90. The third-order valence-corrected chi connectivity index (χ3v) is 5.13. The van der Waals surface area contributed by atoms with Crippen molar-refractivity contribution in [3.05, 3.63) is 69.9 Å². The van der Waals surface area contributed by atoms with Crippen LogP contribution in [0.15, 0.2) is 59.6 Å². The Morgan fingerprint density at radius 1 is 1.09 bits per heavy atom. The summed E-state index contributed by atoms with van der Waals surface area (Å²) in [6.45, 7) is 0. The monoisotopic (exact) mass is 336 g/mol. The highest BCUT2D eigenvalue weighted by Gasteiger charge is 2.21. The van der Waals surface area contributed by atoms with Crippen molar-refractivity contribution in [2.24, 2.45) is 0 Å². The molecule has 0 aliphatic carbocycles. The fourth-order valence-corrected chi connectivity index (χ4v) is 3.71. The molecule has 0 aliphatic heterocycles. The standard InChI is InChI=1S/C14H9ClN2O4S/c15-11-5-4-10-6-7-16(14(10)8-11)22(20,21)13-3-1-2-12(9-13)17(18)19/h1-9H. The minimum atomic E-state index is -3.94. The molecular formula is C14H9ClN2O4S. The molecule has 0 spiro atoms. The van der Waals surface area contributed by atoms with Crippen LogP contribution in [0.1, 0.15) is 0 Å². The number of nitrogens with zero attached hydrogens (tertiary/aromatic N) is 2. The van der Waals surface area contributed by atoms with Gasteiger partial charge < -0.3 is 0 Å². The van der Waals surface area contributed by atoms with Gasteiger partial charge in [-0.3, -0.25) is 10.1 Å². The summed E-state index contributed by atoms with van der Waals surface area (Å²) in [4.78, 5) is 10.0. The van der Waals surface area contributed by atoms with Crippen LogP contribution < -0.4 is 0 Å². The lowest BCUT2D eigenvalue weighted by atomic mass is 10.2. The second kappa shape index (κ2) is 5.11. The van der Waals surface area contributed by atoms with Gasteiger partial charge in [0.25, 0.3) is 15.7 Å². The molecule has 0 atom stereocenters. The summed E-state index contributed by atoms with van der Waals surface area (Å²) < 4.78 is 26.4. The second-order valence-corrected chi connectivity index (χ2v) is 6.83. The van der Waals surface area contributed by atoms with E-state index in [1.807, 2.05) is 0 Å². The summed E-state index contributed by atoms with van der Waals surface area (Å²) in [6, 6.07) is 11.5. The normalized spacial score (nSPS) is 11.7. The summed E-state index contributed by atoms with van der Waals surface area (Å²) >= 11 is 5.91. The van der Waals surface area contributed by atoms with Gasteiger partial charge in [-0.2, -0.15) is 0 Å². The van der Waals surface area contributed by atoms with Gasteiger partial charge in [0.15, 0.2) is 0 Å². The molecule has 112 valence electrons. The fourth-order valence-electron chi connectivity index (χ4n) is 2.16. The van der Waals surface area contributed by atoms with Gasteiger partial charge in [0.1, 0.15) is 0 Å². The Kier molecular flexibility index (Phi) is 3.38. The van der Waals surface area contributed by atoms with Crippen molar-refractivity contribution in [1.82, 2.24) is 3.97 Å². The van der Waals surface area contributed by atoms with E-state index in [-0.39, 0.29) is 10.6 Å². The lowest BCUT2D eigenvalue weighted by Crippen LogP contribution is -2.12. The first-order valence-corrected chi connectivity index (χ1v) is 7.98. The summed E-state index contributed by atoms with van der Waals surface area (Å²) in [6.07, 6.45) is 1.40. The number of rotatable bonds is 3. The van der Waals surface area contributed by atoms with Crippen LogP contribution in [0, 0.1) is 10.1 Å². The van der Waals surface area contributed by atoms with Crippen LogP contribution >= 0.6 is 11.6 Å². The first-order chi connectivity index (χ1) is 10.4. The molecular weight excluding hydrogens is 328 g/mol. The average molecular weight is 337 g/mol. The molecule has 0 fully saturated rings. The molecule has 0 N–H and O–H groups in total. The molecule has 6 nitrogen and oxygen atoms in total. The molecule has 0 radical (unpaired) electrons. The second-order valence-electron chi connectivity index (χ2n) is 4.57. The zero-order valence-electron chi connectivity index (χ0n) is 11.0. The predicted octanol–water partition coefficient (Wildman–Crippen LogP) is 3.44. The maximum atomic E-state index is 12.7. The quantitative estimate of drug-likeness (QED) is 0.542. The number of non-ortho nitro benzene ring substituents is 1. The molecule has 3 rings (SSSR count). The van der Waals surface area contributed by atoms with Crippen molar-refractivity contribution in [1.29, 1.82) is 0 Å². The third-order valence-electron chi connectivity index (χ3n) is 3.20. The van der Waals surface area contributed by atoms with E-state index < -0.39 is 14.9 Å². The molecule has 1 heterocycles. The van der Waals surface area contributed by atoms with E-state index >= 15 is 0 Å². The molecule has 0 saturated heterocycles. The van der Waals surface area contributed by atoms with Gasteiger partial charge in [-0.25, -0.2) is 12.4 Å². The van der Waals surface area contributed by atoms with Gasteiger partial charge in [0.2, 0.25) is 0 Å². The number of hydrogen-bond donors (Lipinski definition) is 0. The van der Waals surface area contributed by atoms with Crippen LogP contribution in [-0.4, -0.2) is 17.3 Å². The third kappa shape index (κ3) is 2.34.